The summed E-state index contributed by atoms with van der Waals surface area (Å²) in [5.74, 6) is -2.06. The molecule has 0 bridgehead atoms. The summed E-state index contributed by atoms with van der Waals surface area (Å²) in [4.78, 5) is 44.7. The van der Waals surface area contributed by atoms with Crippen LogP contribution < -0.4 is 9.64 Å². The summed E-state index contributed by atoms with van der Waals surface area (Å²) in [6, 6.07) is 17.1. The Kier molecular flexibility index (Phi) is 6.88. The highest BCUT2D eigenvalue weighted by Crippen LogP contribution is 2.44. The van der Waals surface area contributed by atoms with E-state index in [1.54, 1.807) is 54.6 Å². The van der Waals surface area contributed by atoms with Gasteiger partial charge < -0.3 is 14.6 Å². The fourth-order valence-corrected chi connectivity index (χ4v) is 5.58. The molecule has 0 spiro atoms. The molecule has 5 rings (SSSR count). The molecular weight excluding hydrogens is 528 g/mol. The lowest BCUT2D eigenvalue weighted by Gasteiger charge is -2.23. The van der Waals surface area contributed by atoms with Gasteiger partial charge in [-0.15, -0.1) is 0 Å². The fourth-order valence-electron chi connectivity index (χ4n) is 4.31. The van der Waals surface area contributed by atoms with E-state index >= 15 is 0 Å². The molecule has 192 valence electrons. The van der Waals surface area contributed by atoms with Crippen molar-refractivity contribution in [1.29, 1.82) is 0 Å². The van der Waals surface area contributed by atoms with Crippen LogP contribution >= 0.6 is 22.9 Å². The number of anilines is 1. The first-order chi connectivity index (χ1) is 18.3. The van der Waals surface area contributed by atoms with Crippen LogP contribution in [0.2, 0.25) is 5.02 Å². The average Bonchev–Trinajstić information content (AvgIpc) is 3.45. The third-order valence-corrected chi connectivity index (χ3v) is 7.31. The number of benzene rings is 3. The number of hydrogen-bond acceptors (Lipinski definition) is 8. The van der Waals surface area contributed by atoms with Crippen molar-refractivity contribution < 1.29 is 29.0 Å². The van der Waals surface area contributed by atoms with E-state index in [0.29, 0.717) is 39.6 Å². The van der Waals surface area contributed by atoms with Gasteiger partial charge >= 0.3 is 11.9 Å². The second kappa shape index (κ2) is 10.3. The van der Waals surface area contributed by atoms with Gasteiger partial charge in [0.15, 0.2) is 5.13 Å². The van der Waals surface area contributed by atoms with E-state index in [2.05, 4.69) is 4.98 Å². The minimum atomic E-state index is -1.01. The van der Waals surface area contributed by atoms with Crippen LogP contribution in [0.25, 0.3) is 16.0 Å². The van der Waals surface area contributed by atoms with E-state index < -0.39 is 23.7 Å². The number of methoxy groups -OCH3 is 1. The zero-order valence-corrected chi connectivity index (χ0v) is 21.9. The van der Waals surface area contributed by atoms with Crippen molar-refractivity contribution >= 4 is 61.7 Å². The molecule has 2 heterocycles. The number of nitrogens with zero attached hydrogens (tertiary/aromatic N) is 2. The van der Waals surface area contributed by atoms with E-state index in [1.165, 1.54) is 35.5 Å². The fraction of sp³-hybridized carbons (Fsp3) is 0.143. The predicted molar refractivity (Wildman–Crippen MR) is 145 cm³/mol. The first-order valence-corrected chi connectivity index (χ1v) is 12.8. The van der Waals surface area contributed by atoms with Crippen LogP contribution in [0.3, 0.4) is 0 Å². The van der Waals surface area contributed by atoms with Crippen molar-refractivity contribution in [1.82, 2.24) is 4.98 Å². The quantitative estimate of drug-likeness (QED) is 0.141. The number of ketones is 1. The lowest BCUT2D eigenvalue weighted by Crippen LogP contribution is -2.29. The molecule has 1 fully saturated rings. The number of fused-ring (bicyclic) bond motifs is 1. The summed E-state index contributed by atoms with van der Waals surface area (Å²) < 4.78 is 11.1. The van der Waals surface area contributed by atoms with Gasteiger partial charge in [0.05, 0.1) is 41.1 Å². The number of esters is 1. The van der Waals surface area contributed by atoms with Gasteiger partial charge in [0, 0.05) is 10.6 Å². The molecule has 8 nitrogen and oxygen atoms in total. The maximum absolute atomic E-state index is 13.4. The zero-order chi connectivity index (χ0) is 27.0. The molecule has 1 atom stereocenters. The molecule has 1 aromatic heterocycles. The van der Waals surface area contributed by atoms with Crippen LogP contribution in [0.4, 0.5) is 5.13 Å². The number of carbonyl (C=O) groups is 3. The Labute approximate surface area is 226 Å². The highest BCUT2D eigenvalue weighted by atomic mass is 35.5. The van der Waals surface area contributed by atoms with Crippen molar-refractivity contribution in [3.63, 3.8) is 0 Å². The number of thiazole rings is 1. The molecule has 1 unspecified atom stereocenters. The standard InChI is InChI=1S/C28H21ClN2O6S/c1-3-37-19-6-4-5-17(13-19)24(32)22-23(15-7-9-16(10-8-15)27(35)36-2)31(26(34)25(22)33)28-30-20-12-11-18(29)14-21(20)38-28/h4-14,23,32H,3H2,1-2H3. The van der Waals surface area contributed by atoms with E-state index in [1.807, 2.05) is 6.92 Å². The number of Topliss-reactive ketones (excluding diaryl/α,β-unsaturated/α-hetero) is 1. The van der Waals surface area contributed by atoms with Gasteiger partial charge in [-0.1, -0.05) is 47.2 Å². The normalized spacial score (nSPS) is 16.7. The van der Waals surface area contributed by atoms with Gasteiger partial charge in [-0.3, -0.25) is 14.5 Å². The molecule has 0 saturated carbocycles. The van der Waals surface area contributed by atoms with Crippen LogP contribution in [0.15, 0.2) is 72.3 Å². The Morgan fingerprint density at radius 2 is 1.84 bits per heavy atom. The number of aliphatic hydroxyl groups excluding tert-OH is 1. The van der Waals surface area contributed by atoms with Crippen LogP contribution in [0, 0.1) is 0 Å². The van der Waals surface area contributed by atoms with E-state index in [0.717, 1.165) is 4.70 Å². The number of carbonyl (C=O) groups excluding carboxylic acids is 3. The summed E-state index contributed by atoms with van der Waals surface area (Å²) in [7, 11) is 1.28. The first-order valence-electron chi connectivity index (χ1n) is 11.6. The van der Waals surface area contributed by atoms with E-state index in [-0.39, 0.29) is 16.5 Å². The number of ether oxygens (including phenoxy) is 2. The first kappa shape index (κ1) is 25.4. The van der Waals surface area contributed by atoms with Gasteiger partial charge in [-0.25, -0.2) is 9.78 Å². The molecule has 1 N–H and O–H groups in total. The van der Waals surface area contributed by atoms with Crippen LogP contribution in [0.5, 0.6) is 5.75 Å². The topological polar surface area (TPSA) is 106 Å². The minimum absolute atomic E-state index is 0.105. The predicted octanol–water partition coefficient (Wildman–Crippen LogP) is 5.76. The highest BCUT2D eigenvalue weighted by Gasteiger charge is 2.48. The van der Waals surface area contributed by atoms with E-state index in [9.17, 15) is 19.5 Å². The lowest BCUT2D eigenvalue weighted by molar-refractivity contribution is -0.132. The van der Waals surface area contributed by atoms with Crippen molar-refractivity contribution in [3.8, 4) is 5.75 Å². The largest absolute Gasteiger partial charge is 0.507 e. The van der Waals surface area contributed by atoms with Gasteiger partial charge in [-0.05, 0) is 55.0 Å². The summed E-state index contributed by atoms with van der Waals surface area (Å²) in [5.41, 5.74) is 1.62. The number of halogens is 1. The van der Waals surface area contributed by atoms with Crippen molar-refractivity contribution in [2.75, 3.05) is 18.6 Å². The third kappa shape index (κ3) is 4.51. The SMILES string of the molecule is CCOc1cccc(C(O)=C2C(=O)C(=O)N(c3nc4ccc(Cl)cc4s3)C2c2ccc(C(=O)OC)cc2)c1. The van der Waals surface area contributed by atoms with Gasteiger partial charge in [-0.2, -0.15) is 0 Å². The molecule has 10 heteroatoms. The maximum atomic E-state index is 13.4. The lowest BCUT2D eigenvalue weighted by atomic mass is 9.94. The monoisotopic (exact) mass is 548 g/mol. The van der Waals surface area contributed by atoms with Crippen LogP contribution in [0.1, 0.15) is 34.5 Å². The Hall–Kier alpha value is -4.21. The van der Waals surface area contributed by atoms with Gasteiger partial charge in [0.2, 0.25) is 0 Å². The van der Waals surface area contributed by atoms with E-state index in [4.69, 9.17) is 21.1 Å². The van der Waals surface area contributed by atoms with Crippen LogP contribution in [-0.2, 0) is 14.3 Å². The molecule has 0 radical (unpaired) electrons. The van der Waals surface area contributed by atoms with Gasteiger partial charge in [0.25, 0.3) is 5.78 Å². The highest BCUT2D eigenvalue weighted by molar-refractivity contribution is 7.22. The average molecular weight is 549 g/mol. The van der Waals surface area contributed by atoms with Crippen molar-refractivity contribution in [3.05, 3.63) is 94.0 Å². The molecule has 1 saturated heterocycles. The molecule has 1 amide bonds. The van der Waals surface area contributed by atoms with Gasteiger partial charge in [0.1, 0.15) is 11.5 Å². The van der Waals surface area contributed by atoms with Crippen molar-refractivity contribution in [2.45, 2.75) is 13.0 Å². The molecule has 0 aliphatic carbocycles. The molecule has 3 aromatic carbocycles. The molecule has 1 aliphatic heterocycles. The number of aromatic nitrogens is 1. The Morgan fingerprint density at radius 3 is 2.55 bits per heavy atom. The molecule has 1 aliphatic rings. The number of hydrogen-bond donors (Lipinski definition) is 1. The Bertz CT molecular complexity index is 1610. The second-order valence-corrected chi connectivity index (χ2v) is 9.80. The summed E-state index contributed by atoms with van der Waals surface area (Å²) in [6.07, 6.45) is 0. The van der Waals surface area contributed by atoms with Crippen molar-refractivity contribution in [2.24, 2.45) is 0 Å². The zero-order valence-electron chi connectivity index (χ0n) is 20.3. The minimum Gasteiger partial charge on any atom is -0.507 e. The summed E-state index contributed by atoms with van der Waals surface area (Å²) in [5, 5.41) is 12.2. The molecule has 38 heavy (non-hydrogen) atoms. The smallest absolute Gasteiger partial charge is 0.337 e. The summed E-state index contributed by atoms with van der Waals surface area (Å²) >= 11 is 7.34. The molecule has 4 aromatic rings. The number of amides is 1. The Balaban J connectivity index is 1.70. The molecular formula is C28H21ClN2O6S. The Morgan fingerprint density at radius 1 is 1.08 bits per heavy atom. The third-order valence-electron chi connectivity index (χ3n) is 6.06. The maximum Gasteiger partial charge on any atom is 0.337 e. The van der Waals surface area contributed by atoms with Crippen LogP contribution in [-0.4, -0.2) is 41.5 Å². The number of aliphatic hydroxyl groups is 1. The number of rotatable bonds is 6. The summed E-state index contributed by atoms with van der Waals surface area (Å²) in [6.45, 7) is 2.25. The second-order valence-electron chi connectivity index (χ2n) is 8.35.